The number of nitrogens with zero attached hydrogens (tertiary/aromatic N) is 3. The standard InChI is InChI=1S/C19H20N4O/c1-3-7-16(8-4-1)21-19-20-15-18(22-11-13-24-14-12-22)23(19)17-9-5-2-6-10-17/h1-10,15H,11-14H2,(H,20,21). The molecule has 0 saturated carbocycles. The minimum atomic E-state index is 0.751. The second kappa shape index (κ2) is 6.76. The van der Waals surface area contributed by atoms with Gasteiger partial charge in [0.1, 0.15) is 5.82 Å². The van der Waals surface area contributed by atoms with E-state index in [2.05, 4.69) is 31.9 Å². The third kappa shape index (κ3) is 2.98. The lowest BCUT2D eigenvalue weighted by atomic mass is 10.3. The van der Waals surface area contributed by atoms with Gasteiger partial charge >= 0.3 is 0 Å². The number of nitrogens with one attached hydrogen (secondary N) is 1. The molecule has 122 valence electrons. The molecule has 24 heavy (non-hydrogen) atoms. The molecular weight excluding hydrogens is 300 g/mol. The molecule has 1 saturated heterocycles. The fourth-order valence-electron chi connectivity index (χ4n) is 2.93. The van der Waals surface area contributed by atoms with Crippen molar-refractivity contribution in [2.45, 2.75) is 0 Å². The number of hydrogen-bond acceptors (Lipinski definition) is 4. The van der Waals surface area contributed by atoms with Gasteiger partial charge in [-0.25, -0.2) is 4.98 Å². The van der Waals surface area contributed by atoms with Crippen LogP contribution in [0.15, 0.2) is 66.9 Å². The Balaban J connectivity index is 1.75. The van der Waals surface area contributed by atoms with E-state index in [1.165, 1.54) is 0 Å². The van der Waals surface area contributed by atoms with Gasteiger partial charge in [0.15, 0.2) is 0 Å². The molecule has 5 heteroatoms. The van der Waals surface area contributed by atoms with Crippen molar-refractivity contribution < 1.29 is 4.74 Å². The molecule has 0 bridgehead atoms. The van der Waals surface area contributed by atoms with Crippen LogP contribution >= 0.6 is 0 Å². The molecule has 1 N–H and O–H groups in total. The third-order valence-corrected chi connectivity index (χ3v) is 4.12. The Morgan fingerprint density at radius 2 is 1.54 bits per heavy atom. The second-order valence-electron chi connectivity index (χ2n) is 5.70. The maximum Gasteiger partial charge on any atom is 0.213 e. The van der Waals surface area contributed by atoms with Crippen LogP contribution in [0.25, 0.3) is 5.69 Å². The van der Waals surface area contributed by atoms with Crippen molar-refractivity contribution in [2.24, 2.45) is 0 Å². The molecule has 2 aromatic carbocycles. The van der Waals surface area contributed by atoms with Gasteiger partial charge in [0.25, 0.3) is 0 Å². The molecule has 0 spiro atoms. The first-order chi connectivity index (χ1) is 11.9. The van der Waals surface area contributed by atoms with Gasteiger partial charge in [-0.3, -0.25) is 4.57 Å². The molecule has 4 rings (SSSR count). The molecule has 3 aromatic rings. The quantitative estimate of drug-likeness (QED) is 0.799. The van der Waals surface area contributed by atoms with Gasteiger partial charge in [0.05, 0.1) is 25.1 Å². The molecule has 0 atom stereocenters. The minimum absolute atomic E-state index is 0.751. The number of benzene rings is 2. The molecule has 1 aliphatic heterocycles. The third-order valence-electron chi connectivity index (χ3n) is 4.12. The number of rotatable bonds is 4. The smallest absolute Gasteiger partial charge is 0.213 e. The summed E-state index contributed by atoms with van der Waals surface area (Å²) in [6, 6.07) is 20.4. The summed E-state index contributed by atoms with van der Waals surface area (Å²) in [4.78, 5) is 6.95. The monoisotopic (exact) mass is 320 g/mol. The van der Waals surface area contributed by atoms with E-state index in [0.717, 1.165) is 49.4 Å². The fourth-order valence-corrected chi connectivity index (χ4v) is 2.93. The molecule has 5 nitrogen and oxygen atoms in total. The van der Waals surface area contributed by atoms with E-state index < -0.39 is 0 Å². The van der Waals surface area contributed by atoms with Gasteiger partial charge in [-0.1, -0.05) is 36.4 Å². The summed E-state index contributed by atoms with van der Waals surface area (Å²) in [7, 11) is 0. The van der Waals surface area contributed by atoms with Crippen LogP contribution in [0.5, 0.6) is 0 Å². The van der Waals surface area contributed by atoms with Crippen LogP contribution in [0.1, 0.15) is 0 Å². The van der Waals surface area contributed by atoms with Crippen LogP contribution in [-0.2, 0) is 4.74 Å². The van der Waals surface area contributed by atoms with E-state index in [-0.39, 0.29) is 0 Å². The van der Waals surface area contributed by atoms with Crippen LogP contribution in [0.4, 0.5) is 17.5 Å². The van der Waals surface area contributed by atoms with Crippen LogP contribution in [-0.4, -0.2) is 35.9 Å². The molecular formula is C19H20N4O. The highest BCUT2D eigenvalue weighted by atomic mass is 16.5. The summed E-state index contributed by atoms with van der Waals surface area (Å²) in [5, 5.41) is 3.42. The first kappa shape index (κ1) is 14.8. The van der Waals surface area contributed by atoms with E-state index in [1.54, 1.807) is 0 Å². The van der Waals surface area contributed by atoms with Crippen molar-refractivity contribution in [3.8, 4) is 5.69 Å². The Bertz CT molecular complexity index is 780. The number of ether oxygens (including phenoxy) is 1. The number of aromatic nitrogens is 2. The first-order valence-corrected chi connectivity index (χ1v) is 8.20. The maximum absolute atomic E-state index is 5.48. The van der Waals surface area contributed by atoms with Gasteiger partial charge in [-0.2, -0.15) is 0 Å². The summed E-state index contributed by atoms with van der Waals surface area (Å²) >= 11 is 0. The van der Waals surface area contributed by atoms with Crippen LogP contribution in [0.2, 0.25) is 0 Å². The predicted octanol–water partition coefficient (Wildman–Crippen LogP) is 3.45. The van der Waals surface area contributed by atoms with Crippen molar-refractivity contribution in [3.63, 3.8) is 0 Å². The summed E-state index contributed by atoms with van der Waals surface area (Å²) in [6.07, 6.45) is 1.93. The van der Waals surface area contributed by atoms with Crippen molar-refractivity contribution in [1.82, 2.24) is 9.55 Å². The van der Waals surface area contributed by atoms with Gasteiger partial charge in [-0.05, 0) is 24.3 Å². The normalized spacial score (nSPS) is 14.6. The summed E-state index contributed by atoms with van der Waals surface area (Å²) < 4.78 is 7.65. The zero-order valence-electron chi connectivity index (χ0n) is 13.4. The highest BCUT2D eigenvalue weighted by Gasteiger charge is 2.19. The average Bonchev–Trinajstić information content (AvgIpc) is 3.07. The molecule has 1 aliphatic rings. The highest BCUT2D eigenvalue weighted by molar-refractivity contribution is 5.61. The van der Waals surface area contributed by atoms with E-state index in [1.807, 2.05) is 54.7 Å². The van der Waals surface area contributed by atoms with Crippen molar-refractivity contribution >= 4 is 17.5 Å². The topological polar surface area (TPSA) is 42.3 Å². The first-order valence-electron chi connectivity index (χ1n) is 8.20. The number of hydrogen-bond donors (Lipinski definition) is 1. The fraction of sp³-hybridized carbons (Fsp3) is 0.211. The number of imidazole rings is 1. The molecule has 1 aromatic heterocycles. The molecule has 2 heterocycles. The van der Waals surface area contributed by atoms with Crippen molar-refractivity contribution in [3.05, 3.63) is 66.9 Å². The largest absolute Gasteiger partial charge is 0.378 e. The number of para-hydroxylation sites is 2. The molecule has 0 radical (unpaired) electrons. The highest BCUT2D eigenvalue weighted by Crippen LogP contribution is 2.28. The Morgan fingerprint density at radius 3 is 2.25 bits per heavy atom. The van der Waals surface area contributed by atoms with E-state index in [4.69, 9.17) is 4.74 Å². The average molecular weight is 320 g/mol. The zero-order valence-corrected chi connectivity index (χ0v) is 13.4. The van der Waals surface area contributed by atoms with E-state index >= 15 is 0 Å². The predicted molar refractivity (Wildman–Crippen MR) is 96.3 cm³/mol. The van der Waals surface area contributed by atoms with Crippen LogP contribution in [0.3, 0.4) is 0 Å². The van der Waals surface area contributed by atoms with Gasteiger partial charge < -0.3 is 15.0 Å². The Morgan fingerprint density at radius 1 is 0.875 bits per heavy atom. The lowest BCUT2D eigenvalue weighted by Gasteiger charge is -2.29. The zero-order chi connectivity index (χ0) is 16.2. The molecule has 1 fully saturated rings. The summed E-state index contributed by atoms with van der Waals surface area (Å²) in [5.41, 5.74) is 2.11. The van der Waals surface area contributed by atoms with Crippen LogP contribution in [0, 0.1) is 0 Å². The van der Waals surface area contributed by atoms with E-state index in [9.17, 15) is 0 Å². The van der Waals surface area contributed by atoms with Gasteiger partial charge in [-0.15, -0.1) is 0 Å². The molecule has 0 unspecified atom stereocenters. The van der Waals surface area contributed by atoms with Crippen LogP contribution < -0.4 is 10.2 Å². The van der Waals surface area contributed by atoms with Gasteiger partial charge in [0.2, 0.25) is 5.95 Å². The summed E-state index contributed by atoms with van der Waals surface area (Å²) in [6.45, 7) is 3.26. The lowest BCUT2D eigenvalue weighted by molar-refractivity contribution is 0.122. The Hall–Kier alpha value is -2.79. The van der Waals surface area contributed by atoms with Crippen molar-refractivity contribution in [2.75, 3.05) is 36.5 Å². The Labute approximate surface area is 141 Å². The second-order valence-corrected chi connectivity index (χ2v) is 5.70. The molecule has 0 amide bonds. The van der Waals surface area contributed by atoms with E-state index in [0.29, 0.717) is 0 Å². The van der Waals surface area contributed by atoms with Gasteiger partial charge in [0, 0.05) is 18.8 Å². The Kier molecular flexibility index (Phi) is 4.16. The SMILES string of the molecule is c1ccc(Nc2ncc(N3CCOCC3)n2-c2ccccc2)cc1. The summed E-state index contributed by atoms with van der Waals surface area (Å²) in [5.74, 6) is 1.90. The van der Waals surface area contributed by atoms with Crippen molar-refractivity contribution in [1.29, 1.82) is 0 Å². The molecule has 0 aliphatic carbocycles. The lowest BCUT2D eigenvalue weighted by Crippen LogP contribution is -2.37. The maximum atomic E-state index is 5.48. The number of anilines is 3. The number of morpholine rings is 1. The minimum Gasteiger partial charge on any atom is -0.378 e.